The van der Waals surface area contributed by atoms with Gasteiger partial charge >= 0.3 is 0 Å². The van der Waals surface area contributed by atoms with E-state index < -0.39 is 0 Å². The van der Waals surface area contributed by atoms with Crippen molar-refractivity contribution in [3.05, 3.63) is 34.5 Å². The number of benzene rings is 1. The van der Waals surface area contributed by atoms with Crippen molar-refractivity contribution in [3.63, 3.8) is 0 Å². The molecule has 3 heteroatoms. The molecule has 0 aliphatic rings. The van der Waals surface area contributed by atoms with E-state index in [2.05, 4.69) is 23.8 Å². The molecule has 1 heterocycles. The Morgan fingerprint density at radius 3 is 2.76 bits per heavy atom. The fraction of sp³-hybridized carbons (Fsp3) is 0.429. The molecule has 2 aromatic rings. The van der Waals surface area contributed by atoms with Crippen molar-refractivity contribution in [2.75, 3.05) is 6.61 Å². The van der Waals surface area contributed by atoms with Gasteiger partial charge in [0.2, 0.25) is 0 Å². The van der Waals surface area contributed by atoms with Gasteiger partial charge in [-0.25, -0.2) is 0 Å². The second-order valence-corrected chi connectivity index (χ2v) is 4.80. The summed E-state index contributed by atoms with van der Waals surface area (Å²) in [6, 6.07) is 4.05. The van der Waals surface area contributed by atoms with Crippen molar-refractivity contribution in [2.45, 2.75) is 33.2 Å². The van der Waals surface area contributed by atoms with Crippen LogP contribution in [0, 0.1) is 6.92 Å². The van der Waals surface area contributed by atoms with Gasteiger partial charge < -0.3 is 9.67 Å². The van der Waals surface area contributed by atoms with Crippen molar-refractivity contribution in [1.82, 2.24) is 4.57 Å². The van der Waals surface area contributed by atoms with E-state index in [1.807, 2.05) is 13.0 Å². The molecular weight excluding hydrogens is 234 g/mol. The Hall–Kier alpha value is -0.990. The molecule has 2 nitrogen and oxygen atoms in total. The van der Waals surface area contributed by atoms with Gasteiger partial charge in [0, 0.05) is 23.2 Å². The monoisotopic (exact) mass is 251 g/mol. The van der Waals surface area contributed by atoms with Crippen LogP contribution in [0.1, 0.15) is 24.5 Å². The lowest BCUT2D eigenvalue weighted by molar-refractivity contribution is 0.278. The Labute approximate surface area is 107 Å². The highest BCUT2D eigenvalue weighted by molar-refractivity contribution is 6.32. The summed E-state index contributed by atoms with van der Waals surface area (Å²) in [6.45, 7) is 4.99. The fourth-order valence-electron chi connectivity index (χ4n) is 2.38. The van der Waals surface area contributed by atoms with Crippen molar-refractivity contribution in [3.8, 4) is 0 Å². The van der Waals surface area contributed by atoms with Crippen LogP contribution in [-0.4, -0.2) is 16.3 Å². The summed E-state index contributed by atoms with van der Waals surface area (Å²) in [5.41, 5.74) is 3.60. The number of aromatic nitrogens is 1. The van der Waals surface area contributed by atoms with Crippen LogP contribution in [0.15, 0.2) is 18.3 Å². The minimum atomic E-state index is 0.154. The van der Waals surface area contributed by atoms with E-state index in [9.17, 15) is 0 Å². The van der Waals surface area contributed by atoms with Crippen LogP contribution in [0.2, 0.25) is 5.02 Å². The molecule has 0 unspecified atom stereocenters. The molecule has 0 saturated carbocycles. The van der Waals surface area contributed by atoms with Gasteiger partial charge in [-0.1, -0.05) is 31.0 Å². The third-order valence-corrected chi connectivity index (χ3v) is 3.58. The van der Waals surface area contributed by atoms with Gasteiger partial charge in [-0.2, -0.15) is 0 Å². The SMILES string of the molecule is CCCc1cn(CCO)c2c(C)c(Cl)ccc12. The number of hydrogen-bond acceptors (Lipinski definition) is 1. The quantitative estimate of drug-likeness (QED) is 0.883. The van der Waals surface area contributed by atoms with Crippen molar-refractivity contribution in [2.24, 2.45) is 0 Å². The largest absolute Gasteiger partial charge is 0.395 e. The number of hydrogen-bond donors (Lipinski definition) is 1. The first-order valence-corrected chi connectivity index (χ1v) is 6.44. The predicted octanol–water partition coefficient (Wildman–Crippen LogP) is 3.55. The molecule has 0 saturated heterocycles. The zero-order chi connectivity index (χ0) is 12.4. The third-order valence-electron chi connectivity index (χ3n) is 3.17. The Kier molecular flexibility index (Phi) is 3.75. The number of aryl methyl sites for hydroxylation is 2. The Morgan fingerprint density at radius 1 is 1.35 bits per heavy atom. The number of nitrogens with zero attached hydrogens (tertiary/aromatic N) is 1. The van der Waals surface area contributed by atoms with E-state index in [-0.39, 0.29) is 6.61 Å². The summed E-state index contributed by atoms with van der Waals surface area (Å²) in [6.07, 6.45) is 4.34. The topological polar surface area (TPSA) is 25.2 Å². The molecule has 0 atom stereocenters. The van der Waals surface area contributed by atoms with Crippen LogP contribution in [0.3, 0.4) is 0 Å². The minimum Gasteiger partial charge on any atom is -0.395 e. The van der Waals surface area contributed by atoms with E-state index in [1.165, 1.54) is 10.9 Å². The van der Waals surface area contributed by atoms with Gasteiger partial charge in [0.15, 0.2) is 0 Å². The van der Waals surface area contributed by atoms with Gasteiger partial charge in [0.05, 0.1) is 12.1 Å². The highest BCUT2D eigenvalue weighted by Gasteiger charge is 2.11. The fourth-order valence-corrected chi connectivity index (χ4v) is 2.53. The molecule has 0 amide bonds. The zero-order valence-corrected chi connectivity index (χ0v) is 11.1. The molecule has 0 radical (unpaired) electrons. The number of halogens is 1. The van der Waals surface area contributed by atoms with Gasteiger partial charge in [0.1, 0.15) is 0 Å². The predicted molar refractivity (Wildman–Crippen MR) is 72.8 cm³/mol. The van der Waals surface area contributed by atoms with Crippen molar-refractivity contribution >= 4 is 22.5 Å². The first-order chi connectivity index (χ1) is 8.19. The van der Waals surface area contributed by atoms with Gasteiger partial charge in [-0.05, 0) is 30.5 Å². The molecule has 1 aromatic carbocycles. The molecule has 17 heavy (non-hydrogen) atoms. The molecule has 92 valence electrons. The second-order valence-electron chi connectivity index (χ2n) is 4.39. The maximum Gasteiger partial charge on any atom is 0.0610 e. The van der Waals surface area contributed by atoms with E-state index >= 15 is 0 Å². The van der Waals surface area contributed by atoms with E-state index in [0.717, 1.165) is 28.9 Å². The molecule has 0 bridgehead atoms. The normalized spacial score (nSPS) is 11.3. The summed E-state index contributed by atoms with van der Waals surface area (Å²) in [5.74, 6) is 0. The molecule has 2 rings (SSSR count). The molecule has 1 N–H and O–H groups in total. The Balaban J connectivity index is 2.67. The lowest BCUT2D eigenvalue weighted by atomic mass is 10.1. The van der Waals surface area contributed by atoms with Gasteiger partial charge in [-0.3, -0.25) is 0 Å². The van der Waals surface area contributed by atoms with Crippen molar-refractivity contribution in [1.29, 1.82) is 0 Å². The van der Waals surface area contributed by atoms with Gasteiger partial charge in [0.25, 0.3) is 0 Å². The molecule has 1 aromatic heterocycles. The van der Waals surface area contributed by atoms with Crippen LogP contribution in [-0.2, 0) is 13.0 Å². The highest BCUT2D eigenvalue weighted by Crippen LogP contribution is 2.30. The molecular formula is C14H18ClNO. The summed E-state index contributed by atoms with van der Waals surface area (Å²) in [5, 5.41) is 11.2. The number of aliphatic hydroxyl groups excluding tert-OH is 1. The van der Waals surface area contributed by atoms with Crippen LogP contribution >= 0.6 is 11.6 Å². The van der Waals surface area contributed by atoms with E-state index in [0.29, 0.717) is 6.54 Å². The number of rotatable bonds is 4. The molecule has 0 spiro atoms. The first kappa shape index (κ1) is 12.5. The van der Waals surface area contributed by atoms with Gasteiger partial charge in [-0.15, -0.1) is 0 Å². The Morgan fingerprint density at radius 2 is 2.12 bits per heavy atom. The molecule has 0 aliphatic heterocycles. The maximum absolute atomic E-state index is 9.12. The van der Waals surface area contributed by atoms with Crippen LogP contribution in [0.25, 0.3) is 10.9 Å². The second kappa shape index (κ2) is 5.11. The lowest BCUT2D eigenvalue weighted by Gasteiger charge is -2.06. The molecule has 0 fully saturated rings. The number of fused-ring (bicyclic) bond motifs is 1. The lowest BCUT2D eigenvalue weighted by Crippen LogP contribution is -2.01. The smallest absolute Gasteiger partial charge is 0.0610 e. The summed E-state index contributed by atoms with van der Waals surface area (Å²) >= 11 is 6.17. The highest BCUT2D eigenvalue weighted by atomic mass is 35.5. The zero-order valence-electron chi connectivity index (χ0n) is 10.3. The number of aliphatic hydroxyl groups is 1. The first-order valence-electron chi connectivity index (χ1n) is 6.06. The standard InChI is InChI=1S/C14H18ClNO/c1-3-4-11-9-16(7-8-17)14-10(2)13(15)6-5-12(11)14/h5-6,9,17H,3-4,7-8H2,1-2H3. The summed E-state index contributed by atoms with van der Waals surface area (Å²) in [4.78, 5) is 0. The van der Waals surface area contributed by atoms with Crippen LogP contribution < -0.4 is 0 Å². The summed E-state index contributed by atoms with van der Waals surface area (Å²) < 4.78 is 2.11. The van der Waals surface area contributed by atoms with Crippen LogP contribution in [0.4, 0.5) is 0 Å². The van der Waals surface area contributed by atoms with E-state index in [1.54, 1.807) is 0 Å². The third kappa shape index (κ3) is 2.20. The van der Waals surface area contributed by atoms with Crippen LogP contribution in [0.5, 0.6) is 0 Å². The average Bonchev–Trinajstić information content (AvgIpc) is 2.64. The minimum absolute atomic E-state index is 0.154. The maximum atomic E-state index is 9.12. The summed E-state index contributed by atoms with van der Waals surface area (Å²) in [7, 11) is 0. The molecule has 0 aliphatic carbocycles. The van der Waals surface area contributed by atoms with Crippen molar-refractivity contribution < 1.29 is 5.11 Å². The Bertz CT molecular complexity index is 530. The van der Waals surface area contributed by atoms with E-state index in [4.69, 9.17) is 16.7 Å². The average molecular weight is 252 g/mol.